The number of nitrogens with zero attached hydrogens (tertiary/aromatic N) is 1. The number of aryl methyl sites for hydroxylation is 1. The van der Waals surface area contributed by atoms with Gasteiger partial charge in [0.25, 0.3) is 5.91 Å². The van der Waals surface area contributed by atoms with Gasteiger partial charge in [-0.05, 0) is 49.1 Å². The zero-order chi connectivity index (χ0) is 18.8. The fraction of sp³-hybridized carbons (Fsp3) is 0.300. The Hall–Kier alpha value is -2.89. The third kappa shape index (κ3) is 3.27. The number of piperidine rings is 1. The van der Waals surface area contributed by atoms with E-state index in [0.717, 1.165) is 0 Å². The molecular weight excluding hydrogens is 335 g/mol. The van der Waals surface area contributed by atoms with Crippen LogP contribution in [0.15, 0.2) is 42.5 Å². The molecule has 6 heteroatoms. The van der Waals surface area contributed by atoms with E-state index in [9.17, 15) is 19.1 Å². The van der Waals surface area contributed by atoms with Gasteiger partial charge in [-0.1, -0.05) is 24.3 Å². The number of carboxylic acids is 1. The van der Waals surface area contributed by atoms with Crippen LogP contribution in [0, 0.1) is 18.7 Å². The maximum Gasteiger partial charge on any atom is 0.308 e. The lowest BCUT2D eigenvalue weighted by Gasteiger charge is -2.40. The standard InChI is InChI=1S/C20H21FN2O3/c1-12-4-2-6-16(21)17(12)19(24)23-11-3-5-15(20(25)26)18(23)13-7-9-14(22)10-8-13/h2,4,6-10,15,18H,3,5,11,22H2,1H3,(H,25,26). The molecule has 1 amide bonds. The van der Waals surface area contributed by atoms with Crippen LogP contribution in [-0.2, 0) is 4.79 Å². The van der Waals surface area contributed by atoms with Gasteiger partial charge in [-0.15, -0.1) is 0 Å². The minimum Gasteiger partial charge on any atom is -0.481 e. The molecule has 26 heavy (non-hydrogen) atoms. The third-order valence-electron chi connectivity index (χ3n) is 4.92. The highest BCUT2D eigenvalue weighted by Crippen LogP contribution is 2.38. The van der Waals surface area contributed by atoms with E-state index in [0.29, 0.717) is 36.2 Å². The van der Waals surface area contributed by atoms with E-state index in [1.54, 1.807) is 43.3 Å². The van der Waals surface area contributed by atoms with Crippen LogP contribution in [0.2, 0.25) is 0 Å². The van der Waals surface area contributed by atoms with Crippen LogP contribution in [0.1, 0.15) is 40.4 Å². The highest BCUT2D eigenvalue weighted by Gasteiger charge is 2.40. The van der Waals surface area contributed by atoms with E-state index < -0.39 is 29.7 Å². The number of nitrogens with two attached hydrogens (primary N) is 1. The van der Waals surface area contributed by atoms with Gasteiger partial charge in [-0.2, -0.15) is 0 Å². The molecule has 2 atom stereocenters. The number of rotatable bonds is 3. The Morgan fingerprint density at radius 3 is 2.50 bits per heavy atom. The largest absolute Gasteiger partial charge is 0.481 e. The summed E-state index contributed by atoms with van der Waals surface area (Å²) in [7, 11) is 0. The van der Waals surface area contributed by atoms with Crippen LogP contribution >= 0.6 is 0 Å². The summed E-state index contributed by atoms with van der Waals surface area (Å²) in [6.07, 6.45) is 1.02. The van der Waals surface area contributed by atoms with Crippen molar-refractivity contribution in [1.82, 2.24) is 4.90 Å². The molecule has 1 saturated heterocycles. The number of hydrogen-bond donors (Lipinski definition) is 2. The maximum absolute atomic E-state index is 14.3. The van der Waals surface area contributed by atoms with Crippen molar-refractivity contribution < 1.29 is 19.1 Å². The maximum atomic E-state index is 14.3. The molecule has 0 aliphatic carbocycles. The first-order chi connectivity index (χ1) is 12.4. The van der Waals surface area contributed by atoms with Gasteiger partial charge in [-0.25, -0.2) is 4.39 Å². The Balaban J connectivity index is 2.06. The average molecular weight is 356 g/mol. The van der Waals surface area contributed by atoms with Gasteiger partial charge in [0.1, 0.15) is 5.82 Å². The predicted octanol–water partition coefficient (Wildman–Crippen LogP) is 3.39. The number of anilines is 1. The van der Waals surface area contributed by atoms with Crippen LogP contribution in [-0.4, -0.2) is 28.4 Å². The summed E-state index contributed by atoms with van der Waals surface area (Å²) in [5, 5.41) is 9.67. The fourth-order valence-corrected chi connectivity index (χ4v) is 3.63. The van der Waals surface area contributed by atoms with Crippen molar-refractivity contribution in [2.75, 3.05) is 12.3 Å². The second-order valence-corrected chi connectivity index (χ2v) is 6.63. The van der Waals surface area contributed by atoms with Gasteiger partial charge in [0.15, 0.2) is 0 Å². The summed E-state index contributed by atoms with van der Waals surface area (Å²) in [5.74, 6) is -2.78. The molecule has 1 aliphatic heterocycles. The summed E-state index contributed by atoms with van der Waals surface area (Å²) in [6.45, 7) is 2.05. The summed E-state index contributed by atoms with van der Waals surface area (Å²) in [5.41, 5.74) is 7.50. The lowest BCUT2D eigenvalue weighted by molar-refractivity contribution is -0.145. The van der Waals surface area contributed by atoms with E-state index in [1.165, 1.54) is 11.0 Å². The lowest BCUT2D eigenvalue weighted by Crippen LogP contribution is -2.45. The van der Waals surface area contributed by atoms with Crippen molar-refractivity contribution in [2.24, 2.45) is 5.92 Å². The van der Waals surface area contributed by atoms with Crippen molar-refractivity contribution in [3.63, 3.8) is 0 Å². The topological polar surface area (TPSA) is 83.6 Å². The van der Waals surface area contributed by atoms with E-state index in [-0.39, 0.29) is 5.56 Å². The van der Waals surface area contributed by atoms with Crippen LogP contribution < -0.4 is 5.73 Å². The molecule has 0 spiro atoms. The number of nitrogen functional groups attached to an aromatic ring is 1. The average Bonchev–Trinajstić information content (AvgIpc) is 2.61. The second kappa shape index (κ2) is 7.15. The van der Waals surface area contributed by atoms with Crippen LogP contribution in [0.4, 0.5) is 10.1 Å². The molecule has 2 aromatic rings. The molecule has 5 nitrogen and oxygen atoms in total. The fourth-order valence-electron chi connectivity index (χ4n) is 3.63. The minimum absolute atomic E-state index is 0.000941. The van der Waals surface area contributed by atoms with E-state index in [2.05, 4.69) is 0 Å². The van der Waals surface area contributed by atoms with Crippen LogP contribution in [0.5, 0.6) is 0 Å². The summed E-state index contributed by atoms with van der Waals surface area (Å²) in [4.78, 5) is 26.4. The Labute approximate surface area is 151 Å². The number of hydrogen-bond acceptors (Lipinski definition) is 3. The SMILES string of the molecule is Cc1cccc(F)c1C(=O)N1CCCC(C(=O)O)C1c1ccc(N)cc1. The molecule has 0 aromatic heterocycles. The Kier molecular flexibility index (Phi) is 4.93. The van der Waals surface area contributed by atoms with Crippen molar-refractivity contribution in [3.8, 4) is 0 Å². The predicted molar refractivity (Wildman–Crippen MR) is 96.1 cm³/mol. The molecule has 0 bridgehead atoms. The smallest absolute Gasteiger partial charge is 0.308 e. The lowest BCUT2D eigenvalue weighted by atomic mass is 9.84. The molecule has 0 saturated carbocycles. The number of carboxylic acid groups (broad SMARTS) is 1. The molecule has 1 fully saturated rings. The van der Waals surface area contributed by atoms with Crippen LogP contribution in [0.25, 0.3) is 0 Å². The third-order valence-corrected chi connectivity index (χ3v) is 4.92. The first-order valence-electron chi connectivity index (χ1n) is 8.54. The summed E-state index contributed by atoms with van der Waals surface area (Å²) in [6, 6.07) is 10.6. The highest BCUT2D eigenvalue weighted by atomic mass is 19.1. The van der Waals surface area contributed by atoms with Gasteiger partial charge in [0, 0.05) is 12.2 Å². The normalized spacial score (nSPS) is 20.0. The zero-order valence-electron chi connectivity index (χ0n) is 14.5. The van der Waals surface area contributed by atoms with Crippen molar-refractivity contribution in [2.45, 2.75) is 25.8 Å². The minimum atomic E-state index is -0.963. The Morgan fingerprint density at radius 2 is 1.88 bits per heavy atom. The number of aliphatic carboxylic acids is 1. The van der Waals surface area contributed by atoms with Gasteiger partial charge in [-0.3, -0.25) is 9.59 Å². The number of benzene rings is 2. The van der Waals surface area contributed by atoms with Crippen molar-refractivity contribution in [1.29, 1.82) is 0 Å². The quantitative estimate of drug-likeness (QED) is 0.826. The van der Waals surface area contributed by atoms with Gasteiger partial charge >= 0.3 is 5.97 Å². The molecule has 3 rings (SSSR count). The van der Waals surface area contributed by atoms with Gasteiger partial charge in [0.2, 0.25) is 0 Å². The van der Waals surface area contributed by atoms with Crippen molar-refractivity contribution in [3.05, 3.63) is 65.0 Å². The van der Waals surface area contributed by atoms with E-state index in [1.807, 2.05) is 0 Å². The first-order valence-corrected chi connectivity index (χ1v) is 8.54. The molecule has 1 aliphatic rings. The molecule has 1 heterocycles. The Bertz CT molecular complexity index is 815. The zero-order valence-corrected chi connectivity index (χ0v) is 14.5. The molecule has 2 aromatic carbocycles. The molecule has 136 valence electrons. The summed E-state index contributed by atoms with van der Waals surface area (Å²) >= 11 is 0. The monoisotopic (exact) mass is 356 g/mol. The Morgan fingerprint density at radius 1 is 1.19 bits per heavy atom. The van der Waals surface area contributed by atoms with E-state index >= 15 is 0 Å². The van der Waals surface area contributed by atoms with Crippen LogP contribution in [0.3, 0.4) is 0 Å². The van der Waals surface area contributed by atoms with Gasteiger partial charge in [0.05, 0.1) is 17.5 Å². The number of halogens is 1. The molecular formula is C20H21FN2O3. The number of amides is 1. The van der Waals surface area contributed by atoms with E-state index in [4.69, 9.17) is 5.73 Å². The van der Waals surface area contributed by atoms with Gasteiger partial charge < -0.3 is 15.7 Å². The molecule has 2 unspecified atom stereocenters. The molecule has 3 N–H and O–H groups in total. The van der Waals surface area contributed by atoms with Crippen molar-refractivity contribution >= 4 is 17.6 Å². The second-order valence-electron chi connectivity index (χ2n) is 6.63. The number of carbonyl (C=O) groups is 2. The summed E-state index contributed by atoms with van der Waals surface area (Å²) < 4.78 is 14.3. The molecule has 0 radical (unpaired) electrons. The highest BCUT2D eigenvalue weighted by molar-refractivity contribution is 5.96. The number of likely N-dealkylation sites (tertiary alicyclic amines) is 1. The number of carbonyl (C=O) groups excluding carboxylic acids is 1. The first kappa shape index (κ1) is 17.9.